The Morgan fingerprint density at radius 1 is 0.897 bits per heavy atom. The monoisotopic (exact) mass is 430 g/mol. The van der Waals surface area contributed by atoms with Crippen molar-refractivity contribution in [3.8, 4) is 28.0 Å². The zero-order chi connectivity index (χ0) is 20.8. The first-order chi connectivity index (χ1) is 13.6. The number of rotatable bonds is 3. The Bertz CT molecular complexity index is 1130. The summed E-state index contributed by atoms with van der Waals surface area (Å²) in [6.45, 7) is 0. The van der Waals surface area contributed by atoms with Crippen LogP contribution in [0.5, 0.6) is 0 Å². The molecule has 0 aliphatic heterocycles. The molecule has 0 saturated carbocycles. The van der Waals surface area contributed by atoms with E-state index in [2.05, 4.69) is 15.1 Å². The lowest BCUT2D eigenvalue weighted by Crippen LogP contribution is -2.18. The lowest BCUT2D eigenvalue weighted by Gasteiger charge is -2.12. The van der Waals surface area contributed by atoms with Crippen LogP contribution >= 0.6 is 11.3 Å². The van der Waals surface area contributed by atoms with Gasteiger partial charge in [-0.05, 0) is 35.7 Å². The zero-order valence-corrected chi connectivity index (χ0v) is 14.8. The Kier molecular flexibility index (Phi) is 4.45. The molecule has 4 aromatic rings. The molecule has 0 fully saturated rings. The molecule has 0 aliphatic carbocycles. The van der Waals surface area contributed by atoms with Gasteiger partial charge in [0.15, 0.2) is 17.1 Å². The SMILES string of the molecule is FC(F)(F)c1cc(-c2ccco2)nc(-n2nc(-c3cccs3)cc2C(F)(F)F)n1. The Labute approximate surface area is 162 Å². The van der Waals surface area contributed by atoms with Crippen molar-refractivity contribution in [2.45, 2.75) is 12.4 Å². The lowest BCUT2D eigenvalue weighted by atomic mass is 10.2. The highest BCUT2D eigenvalue weighted by molar-refractivity contribution is 7.13. The largest absolute Gasteiger partial charge is 0.463 e. The number of nitrogens with zero attached hydrogens (tertiary/aromatic N) is 4. The molecule has 0 unspecified atom stereocenters. The third kappa shape index (κ3) is 3.75. The van der Waals surface area contributed by atoms with Gasteiger partial charge in [-0.1, -0.05) is 6.07 Å². The number of halogens is 6. The van der Waals surface area contributed by atoms with Gasteiger partial charge in [-0.3, -0.25) is 0 Å². The molecule has 0 radical (unpaired) electrons. The van der Waals surface area contributed by atoms with E-state index in [1.807, 2.05) is 0 Å². The van der Waals surface area contributed by atoms with Crippen LogP contribution in [0.15, 0.2) is 52.5 Å². The van der Waals surface area contributed by atoms with Crippen molar-refractivity contribution in [2.24, 2.45) is 0 Å². The first kappa shape index (κ1) is 19.2. The van der Waals surface area contributed by atoms with E-state index in [1.54, 1.807) is 17.5 Å². The Balaban J connectivity index is 1.95. The number of hydrogen-bond acceptors (Lipinski definition) is 5. The number of furan rings is 1. The number of hydrogen-bond donors (Lipinski definition) is 0. The summed E-state index contributed by atoms with van der Waals surface area (Å²) in [7, 11) is 0. The van der Waals surface area contributed by atoms with Gasteiger partial charge in [-0.2, -0.15) is 36.1 Å². The summed E-state index contributed by atoms with van der Waals surface area (Å²) in [4.78, 5) is 7.52. The molecule has 0 saturated heterocycles. The van der Waals surface area contributed by atoms with Gasteiger partial charge in [0, 0.05) is 0 Å². The Morgan fingerprint density at radius 2 is 1.69 bits per heavy atom. The van der Waals surface area contributed by atoms with E-state index in [-0.39, 0.29) is 21.8 Å². The number of alkyl halides is 6. The molecule has 0 atom stereocenters. The van der Waals surface area contributed by atoms with Crippen molar-refractivity contribution in [3.63, 3.8) is 0 Å². The normalized spacial score (nSPS) is 12.5. The minimum Gasteiger partial charge on any atom is -0.463 e. The predicted molar refractivity (Wildman–Crippen MR) is 90.2 cm³/mol. The van der Waals surface area contributed by atoms with Gasteiger partial charge in [-0.15, -0.1) is 11.3 Å². The highest BCUT2D eigenvalue weighted by Crippen LogP contribution is 2.36. The van der Waals surface area contributed by atoms with E-state index in [4.69, 9.17) is 4.42 Å². The first-order valence-electron chi connectivity index (χ1n) is 7.84. The van der Waals surface area contributed by atoms with Gasteiger partial charge < -0.3 is 4.42 Å². The molecule has 150 valence electrons. The number of thiophene rings is 1. The minimum absolute atomic E-state index is 0.0571. The van der Waals surface area contributed by atoms with Gasteiger partial charge in [0.05, 0.1) is 11.1 Å². The van der Waals surface area contributed by atoms with Gasteiger partial charge in [0.2, 0.25) is 0 Å². The van der Waals surface area contributed by atoms with Crippen LogP contribution in [0.1, 0.15) is 11.4 Å². The molecule has 29 heavy (non-hydrogen) atoms. The summed E-state index contributed by atoms with van der Waals surface area (Å²) in [5, 5.41) is 5.46. The molecular formula is C17H8F6N4OS. The summed E-state index contributed by atoms with van der Waals surface area (Å²) in [6.07, 6.45) is -8.61. The van der Waals surface area contributed by atoms with Crippen LogP contribution in [-0.2, 0) is 12.4 Å². The maximum atomic E-state index is 13.5. The molecule has 0 amide bonds. The van der Waals surface area contributed by atoms with E-state index in [0.717, 1.165) is 17.4 Å². The summed E-state index contributed by atoms with van der Waals surface area (Å²) in [5.41, 5.74) is -3.11. The Morgan fingerprint density at radius 3 is 2.28 bits per heavy atom. The van der Waals surface area contributed by atoms with Crippen molar-refractivity contribution in [1.82, 2.24) is 19.7 Å². The van der Waals surface area contributed by atoms with Crippen LogP contribution in [0.2, 0.25) is 0 Å². The second kappa shape index (κ2) is 6.72. The van der Waals surface area contributed by atoms with Gasteiger partial charge in [0.1, 0.15) is 11.4 Å². The summed E-state index contributed by atoms with van der Waals surface area (Å²) in [6, 6.07) is 7.23. The van der Waals surface area contributed by atoms with Crippen LogP contribution < -0.4 is 0 Å². The molecule has 0 bridgehead atoms. The average molecular weight is 430 g/mol. The zero-order valence-electron chi connectivity index (χ0n) is 14.0. The maximum absolute atomic E-state index is 13.5. The predicted octanol–water partition coefficient (Wildman–Crippen LogP) is 5.69. The van der Waals surface area contributed by atoms with Crippen molar-refractivity contribution in [2.75, 3.05) is 0 Å². The highest BCUT2D eigenvalue weighted by Gasteiger charge is 2.39. The van der Waals surface area contributed by atoms with E-state index in [1.165, 1.54) is 18.4 Å². The molecule has 0 aromatic carbocycles. The molecule has 4 rings (SSSR count). The molecule has 0 N–H and O–H groups in total. The fourth-order valence-electron chi connectivity index (χ4n) is 2.51. The third-order valence-corrected chi connectivity index (χ3v) is 4.63. The van der Waals surface area contributed by atoms with E-state index in [9.17, 15) is 26.3 Å². The van der Waals surface area contributed by atoms with E-state index >= 15 is 0 Å². The topological polar surface area (TPSA) is 56.7 Å². The maximum Gasteiger partial charge on any atom is 0.433 e. The molecule has 0 spiro atoms. The Hall–Kier alpha value is -3.15. The number of aromatic nitrogens is 4. The quantitative estimate of drug-likeness (QED) is 0.392. The van der Waals surface area contributed by atoms with Crippen molar-refractivity contribution in [3.05, 3.63) is 59.4 Å². The molecule has 5 nitrogen and oxygen atoms in total. The van der Waals surface area contributed by atoms with Crippen LogP contribution in [0.3, 0.4) is 0 Å². The molecule has 12 heteroatoms. The van der Waals surface area contributed by atoms with Crippen molar-refractivity contribution >= 4 is 11.3 Å². The van der Waals surface area contributed by atoms with Crippen molar-refractivity contribution < 1.29 is 30.8 Å². The minimum atomic E-state index is -4.92. The second-order valence-corrected chi connectivity index (χ2v) is 6.66. The van der Waals surface area contributed by atoms with Crippen molar-refractivity contribution in [1.29, 1.82) is 0 Å². The summed E-state index contributed by atoms with van der Waals surface area (Å²) >= 11 is 1.13. The fourth-order valence-corrected chi connectivity index (χ4v) is 3.19. The first-order valence-corrected chi connectivity index (χ1v) is 8.72. The van der Waals surface area contributed by atoms with Gasteiger partial charge >= 0.3 is 12.4 Å². The lowest BCUT2D eigenvalue weighted by molar-refractivity contribution is -0.143. The van der Waals surface area contributed by atoms with Gasteiger partial charge in [-0.25, -0.2) is 9.97 Å². The fraction of sp³-hybridized carbons (Fsp3) is 0.118. The van der Waals surface area contributed by atoms with E-state index in [0.29, 0.717) is 10.9 Å². The average Bonchev–Trinajstić information content (AvgIpc) is 3.40. The second-order valence-electron chi connectivity index (χ2n) is 5.72. The molecular weight excluding hydrogens is 422 g/mol. The third-order valence-electron chi connectivity index (χ3n) is 3.74. The summed E-state index contributed by atoms with van der Waals surface area (Å²) in [5.74, 6) is -0.931. The molecule has 4 heterocycles. The van der Waals surface area contributed by atoms with Gasteiger partial charge in [0.25, 0.3) is 5.95 Å². The van der Waals surface area contributed by atoms with Crippen LogP contribution in [0.4, 0.5) is 26.3 Å². The highest BCUT2D eigenvalue weighted by atomic mass is 32.1. The van der Waals surface area contributed by atoms with E-state index < -0.39 is 29.7 Å². The standard InChI is InChI=1S/C17H8F6N4OS/c18-16(19,20)13-7-9(11-3-1-5-28-11)24-15(25-13)27-14(17(21,22)23)8-10(26-27)12-4-2-6-29-12/h1-8H. The van der Waals surface area contributed by atoms with Crippen LogP contribution in [0.25, 0.3) is 28.0 Å². The molecule has 0 aliphatic rings. The van der Waals surface area contributed by atoms with Crippen LogP contribution in [-0.4, -0.2) is 19.7 Å². The smallest absolute Gasteiger partial charge is 0.433 e. The molecule has 4 aromatic heterocycles. The van der Waals surface area contributed by atoms with Crippen LogP contribution in [0, 0.1) is 0 Å². The summed E-state index contributed by atoms with van der Waals surface area (Å²) < 4.78 is 85.8.